The van der Waals surface area contributed by atoms with Crippen LogP contribution in [-0.2, 0) is 20.2 Å². The summed E-state index contributed by atoms with van der Waals surface area (Å²) in [5.41, 5.74) is 4.70. The van der Waals surface area contributed by atoms with Gasteiger partial charge < -0.3 is 14.5 Å². The number of likely N-dealkylation sites (N-methyl/N-ethyl adjacent to an activating group) is 1. The summed E-state index contributed by atoms with van der Waals surface area (Å²) in [6, 6.07) is 10.8. The molecule has 226 valence electrons. The molecule has 10 nitrogen and oxygen atoms in total. The van der Waals surface area contributed by atoms with Crippen molar-refractivity contribution in [2.24, 2.45) is 0 Å². The van der Waals surface area contributed by atoms with E-state index in [1.807, 2.05) is 39.3 Å². The molecule has 0 unspecified atom stereocenters. The average Bonchev–Trinajstić information content (AvgIpc) is 3.18. The number of halogens is 1. The van der Waals surface area contributed by atoms with E-state index >= 15 is 0 Å². The number of hydrogen-bond donors (Lipinski definition) is 1. The van der Waals surface area contributed by atoms with Gasteiger partial charge in [-0.05, 0) is 76.2 Å². The first kappa shape index (κ1) is 30.7. The van der Waals surface area contributed by atoms with Gasteiger partial charge in [0.25, 0.3) is 10.0 Å². The number of nitrogens with one attached hydrogen (secondary N) is 1. The number of sulfonamides is 1. The lowest BCUT2D eigenvalue weighted by molar-refractivity contribution is -0.125. The normalized spacial score (nSPS) is 15.4. The van der Waals surface area contributed by atoms with E-state index in [0.29, 0.717) is 12.2 Å². The highest BCUT2D eigenvalue weighted by atomic mass is 35.5. The number of fused-ring (bicyclic) bond motifs is 4. The van der Waals surface area contributed by atoms with E-state index in [0.717, 1.165) is 65.6 Å². The molecule has 0 atom stereocenters. The fourth-order valence-electron chi connectivity index (χ4n) is 5.82. The number of rotatable bonds is 9. The summed E-state index contributed by atoms with van der Waals surface area (Å²) in [5.74, 6) is 0.327. The molecule has 1 spiro atoms. The summed E-state index contributed by atoms with van der Waals surface area (Å²) in [7, 11) is 1.83. The predicted octanol–water partition coefficient (Wildman–Crippen LogP) is 4.95. The largest absolute Gasteiger partial charge is 0.476 e. The van der Waals surface area contributed by atoms with Crippen LogP contribution in [0.3, 0.4) is 0 Å². The molecule has 0 saturated heterocycles. The van der Waals surface area contributed by atoms with Crippen molar-refractivity contribution in [3.05, 3.63) is 66.2 Å². The Morgan fingerprint density at radius 3 is 2.49 bits per heavy atom. The van der Waals surface area contributed by atoms with Gasteiger partial charge in [0, 0.05) is 48.2 Å². The van der Waals surface area contributed by atoms with Crippen LogP contribution in [0.2, 0.25) is 0 Å². The van der Waals surface area contributed by atoms with Crippen LogP contribution in [0.25, 0.3) is 22.0 Å². The number of ether oxygens (including phenoxy) is 1. The van der Waals surface area contributed by atoms with Gasteiger partial charge in [-0.2, -0.15) is 0 Å². The highest BCUT2D eigenvalue weighted by molar-refractivity contribution is 7.92. The summed E-state index contributed by atoms with van der Waals surface area (Å²) in [4.78, 5) is 30.4. The first-order valence-electron chi connectivity index (χ1n) is 14.0. The maximum atomic E-state index is 13.3. The molecule has 0 bridgehead atoms. The van der Waals surface area contributed by atoms with Gasteiger partial charge in [0.15, 0.2) is 0 Å². The van der Waals surface area contributed by atoms with Gasteiger partial charge in [-0.25, -0.2) is 13.4 Å². The smallest absolute Gasteiger partial charge is 0.263 e. The molecule has 12 heteroatoms. The van der Waals surface area contributed by atoms with Crippen molar-refractivity contribution in [3.63, 3.8) is 0 Å². The Hall–Kier alpha value is -3.80. The van der Waals surface area contributed by atoms with Crippen LogP contribution in [0.4, 0.5) is 11.4 Å². The molecule has 1 aromatic carbocycles. The van der Waals surface area contributed by atoms with E-state index < -0.39 is 15.4 Å². The van der Waals surface area contributed by atoms with Crippen LogP contribution < -0.4 is 14.4 Å². The zero-order valence-corrected chi connectivity index (χ0v) is 26.3. The minimum absolute atomic E-state index is 0. The first-order chi connectivity index (χ1) is 20.1. The fourth-order valence-corrected chi connectivity index (χ4v) is 6.81. The van der Waals surface area contributed by atoms with Gasteiger partial charge >= 0.3 is 0 Å². The van der Waals surface area contributed by atoms with Gasteiger partial charge in [0.1, 0.15) is 10.6 Å². The van der Waals surface area contributed by atoms with Crippen molar-refractivity contribution in [1.82, 2.24) is 19.9 Å². The summed E-state index contributed by atoms with van der Waals surface area (Å²) >= 11 is 0. The van der Waals surface area contributed by atoms with Crippen LogP contribution in [-0.4, -0.2) is 68.5 Å². The number of aryl methyl sites for hydroxylation is 1. The van der Waals surface area contributed by atoms with Crippen LogP contribution in [0.15, 0.2) is 59.9 Å². The molecule has 2 aliphatic rings. The van der Waals surface area contributed by atoms with Crippen molar-refractivity contribution < 1.29 is 17.9 Å². The Morgan fingerprint density at radius 1 is 1.02 bits per heavy atom. The minimum Gasteiger partial charge on any atom is -0.476 e. The number of carbonyl (C=O) groups excluding carboxylic acids is 1. The summed E-state index contributed by atoms with van der Waals surface area (Å²) < 4.78 is 35.3. The highest BCUT2D eigenvalue weighted by Gasteiger charge is 2.54. The molecular weight excluding hydrogens is 588 g/mol. The van der Waals surface area contributed by atoms with E-state index in [1.165, 1.54) is 12.3 Å². The molecule has 3 aromatic heterocycles. The third kappa shape index (κ3) is 5.52. The number of hydrogen-bond acceptors (Lipinski definition) is 8. The summed E-state index contributed by atoms with van der Waals surface area (Å²) in [6.07, 6.45) is 8.23. The number of pyridine rings is 3. The van der Waals surface area contributed by atoms with E-state index in [9.17, 15) is 13.2 Å². The van der Waals surface area contributed by atoms with Gasteiger partial charge in [-0.15, -0.1) is 12.4 Å². The number of benzene rings is 1. The molecule has 6 rings (SSSR count). The van der Waals surface area contributed by atoms with Gasteiger partial charge in [0.2, 0.25) is 11.8 Å². The van der Waals surface area contributed by atoms with Crippen LogP contribution in [0.5, 0.6) is 5.88 Å². The lowest BCUT2D eigenvalue weighted by atomic mass is 9.64. The lowest BCUT2D eigenvalue weighted by Crippen LogP contribution is -2.43. The number of aromatic nitrogens is 3. The number of anilines is 2. The third-order valence-corrected chi connectivity index (χ3v) is 9.57. The maximum absolute atomic E-state index is 13.3. The molecule has 1 aliphatic heterocycles. The number of amides is 1. The fraction of sp³-hybridized carbons (Fsp3) is 0.355. The third-order valence-electron chi connectivity index (χ3n) is 8.22. The molecule has 1 amide bonds. The van der Waals surface area contributed by atoms with Crippen molar-refractivity contribution in [2.75, 3.05) is 43.9 Å². The summed E-state index contributed by atoms with van der Waals surface area (Å²) in [6.45, 7) is 3.00. The van der Waals surface area contributed by atoms with Gasteiger partial charge in [-0.1, -0.05) is 12.5 Å². The molecule has 43 heavy (non-hydrogen) atoms. The van der Waals surface area contributed by atoms with E-state index in [2.05, 4.69) is 24.6 Å². The van der Waals surface area contributed by atoms with Crippen molar-refractivity contribution in [2.45, 2.75) is 42.9 Å². The Bertz CT molecular complexity index is 1790. The topological polar surface area (TPSA) is 118 Å². The molecule has 1 N–H and O–H groups in total. The molecule has 1 fully saturated rings. The lowest BCUT2D eigenvalue weighted by Gasteiger charge is -2.37. The highest BCUT2D eigenvalue weighted by Crippen LogP contribution is 2.55. The second-order valence-electron chi connectivity index (χ2n) is 11.4. The minimum atomic E-state index is -3.96. The summed E-state index contributed by atoms with van der Waals surface area (Å²) in [5, 5.41) is 0.930. The standard InChI is InChI=1S/C31H34N6O4S.ClH/c1-20-7-9-23(18-32-20)42(39,40)35-26-16-22(17-34-29(26)41-14-6-13-36(2)3)21-8-10-25-24(15-21)28-27(19-33-25)37(4)30(38)31(28)11-5-12-31;/h7-10,15-19,35H,5-6,11-14H2,1-4H3;1H. The van der Waals surface area contributed by atoms with Gasteiger partial charge in [0.05, 0.1) is 29.4 Å². The van der Waals surface area contributed by atoms with E-state index in [1.54, 1.807) is 36.4 Å². The second kappa shape index (κ2) is 11.7. The van der Waals surface area contributed by atoms with E-state index in [4.69, 9.17) is 4.74 Å². The van der Waals surface area contributed by atoms with Crippen molar-refractivity contribution in [3.8, 4) is 17.0 Å². The maximum Gasteiger partial charge on any atom is 0.263 e. The van der Waals surface area contributed by atoms with Crippen molar-refractivity contribution in [1.29, 1.82) is 0 Å². The molecule has 4 heterocycles. The predicted molar refractivity (Wildman–Crippen MR) is 170 cm³/mol. The molecule has 4 aromatic rings. The molecular formula is C31H35ClN6O4S. The second-order valence-corrected chi connectivity index (χ2v) is 13.1. The number of nitrogens with zero attached hydrogens (tertiary/aromatic N) is 5. The SMILES string of the molecule is Cc1ccc(S(=O)(=O)Nc2cc(-c3ccc4ncc5c(c4c3)C3(CCC3)C(=O)N5C)cnc2OCCCN(C)C)cn1.Cl. The zero-order chi connectivity index (χ0) is 29.6. The Balaban J connectivity index is 0.00000368. The van der Waals surface area contributed by atoms with Gasteiger partial charge in [-0.3, -0.25) is 19.5 Å². The zero-order valence-electron chi connectivity index (χ0n) is 24.6. The number of carbonyl (C=O) groups is 1. The molecule has 1 aliphatic carbocycles. The van der Waals surface area contributed by atoms with Crippen LogP contribution in [0, 0.1) is 6.92 Å². The quantitative estimate of drug-likeness (QED) is 0.261. The monoisotopic (exact) mass is 622 g/mol. The molecule has 0 radical (unpaired) electrons. The molecule has 1 saturated carbocycles. The average molecular weight is 623 g/mol. The van der Waals surface area contributed by atoms with E-state index in [-0.39, 0.29) is 34.8 Å². The Morgan fingerprint density at radius 2 is 1.81 bits per heavy atom. The Labute approximate surface area is 258 Å². The van der Waals surface area contributed by atoms with Crippen LogP contribution in [0.1, 0.15) is 36.9 Å². The Kier molecular flexibility index (Phi) is 8.34. The van der Waals surface area contributed by atoms with Crippen LogP contribution >= 0.6 is 12.4 Å². The first-order valence-corrected chi connectivity index (χ1v) is 15.5. The van der Waals surface area contributed by atoms with Crippen molar-refractivity contribution >= 4 is 50.6 Å².